The van der Waals surface area contributed by atoms with Crippen molar-refractivity contribution in [1.82, 2.24) is 19.2 Å². The molecular weight excluding hydrogens is 242 g/mol. The third-order valence-corrected chi connectivity index (χ3v) is 2.93. The van der Waals surface area contributed by atoms with E-state index in [2.05, 4.69) is 10.1 Å². The predicted octanol–water partition coefficient (Wildman–Crippen LogP) is 1.80. The molecule has 0 spiro atoms. The van der Waals surface area contributed by atoms with E-state index in [9.17, 15) is 0 Å². The van der Waals surface area contributed by atoms with Crippen molar-refractivity contribution >= 4 is 5.65 Å². The maximum Gasteiger partial charge on any atom is 0.242 e. The molecule has 98 valence electrons. The zero-order valence-corrected chi connectivity index (χ0v) is 10.7. The molecule has 2 N–H and O–H groups in total. The Morgan fingerprint density at radius 3 is 3.00 bits per heavy atom. The average molecular weight is 257 g/mol. The van der Waals surface area contributed by atoms with Crippen molar-refractivity contribution in [2.24, 2.45) is 5.73 Å². The first kappa shape index (κ1) is 11.7. The number of aromatic nitrogens is 4. The van der Waals surface area contributed by atoms with Crippen LogP contribution in [0, 0.1) is 0 Å². The SMILES string of the molecule is CCn1cc(Oc2nc3ccccn3c2CN)cn1. The second-order valence-electron chi connectivity index (χ2n) is 4.13. The van der Waals surface area contributed by atoms with Crippen LogP contribution < -0.4 is 10.5 Å². The molecule has 3 aromatic heterocycles. The van der Waals surface area contributed by atoms with Crippen LogP contribution in [-0.2, 0) is 13.1 Å². The van der Waals surface area contributed by atoms with Crippen molar-refractivity contribution in [3.05, 3.63) is 42.5 Å². The molecule has 0 radical (unpaired) electrons. The van der Waals surface area contributed by atoms with Gasteiger partial charge in [0.2, 0.25) is 5.88 Å². The van der Waals surface area contributed by atoms with Crippen molar-refractivity contribution in [3.63, 3.8) is 0 Å². The predicted molar refractivity (Wildman–Crippen MR) is 71.1 cm³/mol. The topological polar surface area (TPSA) is 70.4 Å². The van der Waals surface area contributed by atoms with E-state index in [0.717, 1.165) is 17.9 Å². The van der Waals surface area contributed by atoms with E-state index in [0.29, 0.717) is 18.2 Å². The summed E-state index contributed by atoms with van der Waals surface area (Å²) in [4.78, 5) is 4.44. The summed E-state index contributed by atoms with van der Waals surface area (Å²) in [5.74, 6) is 1.20. The van der Waals surface area contributed by atoms with Gasteiger partial charge in [0.25, 0.3) is 0 Å². The molecule has 6 heteroatoms. The number of hydrogen-bond donors (Lipinski definition) is 1. The maximum absolute atomic E-state index is 5.78. The zero-order chi connectivity index (χ0) is 13.2. The van der Waals surface area contributed by atoms with Gasteiger partial charge in [0.05, 0.1) is 12.4 Å². The second kappa shape index (κ2) is 4.74. The molecule has 0 aliphatic rings. The summed E-state index contributed by atoms with van der Waals surface area (Å²) in [6.07, 6.45) is 5.44. The molecule has 0 aromatic carbocycles. The molecule has 3 rings (SSSR count). The lowest BCUT2D eigenvalue weighted by Crippen LogP contribution is -2.02. The van der Waals surface area contributed by atoms with Crippen molar-refractivity contribution < 1.29 is 4.74 Å². The minimum atomic E-state index is 0.364. The number of ether oxygens (including phenoxy) is 1. The first-order valence-corrected chi connectivity index (χ1v) is 6.18. The van der Waals surface area contributed by atoms with Crippen molar-refractivity contribution in [3.8, 4) is 11.6 Å². The summed E-state index contributed by atoms with van der Waals surface area (Å²) in [6, 6.07) is 5.79. The highest BCUT2D eigenvalue weighted by Gasteiger charge is 2.13. The van der Waals surface area contributed by atoms with Crippen LogP contribution in [0.15, 0.2) is 36.8 Å². The maximum atomic E-state index is 5.78. The van der Waals surface area contributed by atoms with E-state index in [1.165, 1.54) is 0 Å². The van der Waals surface area contributed by atoms with Crippen molar-refractivity contribution in [2.45, 2.75) is 20.0 Å². The van der Waals surface area contributed by atoms with Gasteiger partial charge < -0.3 is 10.5 Å². The average Bonchev–Trinajstić information content (AvgIpc) is 3.02. The van der Waals surface area contributed by atoms with Gasteiger partial charge >= 0.3 is 0 Å². The number of rotatable bonds is 4. The standard InChI is InChI=1S/C13H15N5O/c1-2-17-9-10(8-15-17)19-13-11(7-14)18-6-4-3-5-12(18)16-13/h3-6,8-9H,2,7,14H2,1H3. The molecule has 0 bridgehead atoms. The first-order chi connectivity index (χ1) is 9.31. The molecule has 3 heterocycles. The molecule has 0 atom stereocenters. The van der Waals surface area contributed by atoms with Crippen LogP contribution in [0.5, 0.6) is 11.6 Å². The van der Waals surface area contributed by atoms with Gasteiger partial charge in [-0.25, -0.2) is 0 Å². The largest absolute Gasteiger partial charge is 0.434 e. The summed E-state index contributed by atoms with van der Waals surface area (Å²) >= 11 is 0. The Morgan fingerprint density at radius 2 is 2.26 bits per heavy atom. The molecule has 6 nitrogen and oxygen atoms in total. The van der Waals surface area contributed by atoms with Gasteiger partial charge in [-0.15, -0.1) is 0 Å². The Hall–Kier alpha value is -2.34. The third-order valence-electron chi connectivity index (χ3n) is 2.93. The summed E-state index contributed by atoms with van der Waals surface area (Å²) in [6.45, 7) is 3.19. The third kappa shape index (κ3) is 2.06. The lowest BCUT2D eigenvalue weighted by Gasteiger charge is -2.01. The Labute approximate surface area is 110 Å². The van der Waals surface area contributed by atoms with E-state index in [-0.39, 0.29) is 0 Å². The Balaban J connectivity index is 1.99. The van der Waals surface area contributed by atoms with Crippen LogP contribution in [-0.4, -0.2) is 19.2 Å². The van der Waals surface area contributed by atoms with Crippen LogP contribution in [0.2, 0.25) is 0 Å². The molecular formula is C13H15N5O. The molecule has 0 saturated carbocycles. The van der Waals surface area contributed by atoms with Crippen LogP contribution >= 0.6 is 0 Å². The van der Waals surface area contributed by atoms with Gasteiger partial charge in [0, 0.05) is 19.3 Å². The fourth-order valence-electron chi connectivity index (χ4n) is 1.97. The molecule has 3 aromatic rings. The van der Waals surface area contributed by atoms with Gasteiger partial charge in [-0.1, -0.05) is 6.07 Å². The molecule has 0 unspecified atom stereocenters. The number of nitrogens with zero attached hydrogens (tertiary/aromatic N) is 4. The number of pyridine rings is 1. The fourth-order valence-corrected chi connectivity index (χ4v) is 1.97. The molecule has 0 amide bonds. The highest BCUT2D eigenvalue weighted by molar-refractivity contribution is 5.46. The molecule has 0 aliphatic carbocycles. The summed E-state index contributed by atoms with van der Waals surface area (Å²) < 4.78 is 9.50. The quantitative estimate of drug-likeness (QED) is 0.773. The van der Waals surface area contributed by atoms with Crippen LogP contribution in [0.4, 0.5) is 0 Å². The minimum absolute atomic E-state index is 0.364. The van der Waals surface area contributed by atoms with Crippen molar-refractivity contribution in [1.29, 1.82) is 0 Å². The number of aryl methyl sites for hydroxylation is 1. The number of imidazole rings is 1. The van der Waals surface area contributed by atoms with Gasteiger partial charge in [0.1, 0.15) is 11.3 Å². The minimum Gasteiger partial charge on any atom is -0.434 e. The van der Waals surface area contributed by atoms with Gasteiger partial charge in [-0.2, -0.15) is 10.1 Å². The highest BCUT2D eigenvalue weighted by atomic mass is 16.5. The van der Waals surface area contributed by atoms with Crippen LogP contribution in [0.3, 0.4) is 0 Å². The number of hydrogen-bond acceptors (Lipinski definition) is 4. The Morgan fingerprint density at radius 1 is 1.37 bits per heavy atom. The zero-order valence-electron chi connectivity index (χ0n) is 10.7. The fraction of sp³-hybridized carbons (Fsp3) is 0.231. The monoisotopic (exact) mass is 257 g/mol. The van der Waals surface area contributed by atoms with E-state index in [1.807, 2.05) is 41.9 Å². The molecule has 0 aliphatic heterocycles. The van der Waals surface area contributed by atoms with Crippen LogP contribution in [0.1, 0.15) is 12.6 Å². The second-order valence-corrected chi connectivity index (χ2v) is 4.13. The lowest BCUT2D eigenvalue weighted by molar-refractivity contribution is 0.458. The Bertz CT molecular complexity index is 700. The first-order valence-electron chi connectivity index (χ1n) is 6.18. The van der Waals surface area contributed by atoms with Crippen molar-refractivity contribution in [2.75, 3.05) is 0 Å². The van der Waals surface area contributed by atoms with E-state index in [1.54, 1.807) is 10.9 Å². The van der Waals surface area contributed by atoms with E-state index >= 15 is 0 Å². The highest BCUT2D eigenvalue weighted by Crippen LogP contribution is 2.25. The van der Waals surface area contributed by atoms with Gasteiger partial charge in [0.15, 0.2) is 5.75 Å². The molecule has 0 fully saturated rings. The van der Waals surface area contributed by atoms with E-state index in [4.69, 9.17) is 10.5 Å². The normalized spacial score (nSPS) is 11.1. The van der Waals surface area contributed by atoms with Gasteiger partial charge in [-0.3, -0.25) is 9.08 Å². The lowest BCUT2D eigenvalue weighted by atomic mass is 10.4. The van der Waals surface area contributed by atoms with E-state index < -0.39 is 0 Å². The smallest absolute Gasteiger partial charge is 0.242 e. The summed E-state index contributed by atoms with van der Waals surface area (Å²) in [5, 5.41) is 4.17. The summed E-state index contributed by atoms with van der Waals surface area (Å²) in [7, 11) is 0. The molecule has 19 heavy (non-hydrogen) atoms. The Kier molecular flexibility index (Phi) is 2.92. The molecule has 0 saturated heterocycles. The number of fused-ring (bicyclic) bond motifs is 1. The van der Waals surface area contributed by atoms with Crippen LogP contribution in [0.25, 0.3) is 5.65 Å². The number of nitrogens with two attached hydrogens (primary N) is 1. The van der Waals surface area contributed by atoms with Gasteiger partial charge in [-0.05, 0) is 19.1 Å². The summed E-state index contributed by atoms with van der Waals surface area (Å²) in [5.41, 5.74) is 7.45.